The second-order valence-corrected chi connectivity index (χ2v) is 5.46. The molecule has 1 heterocycles. The van der Waals surface area contributed by atoms with Gasteiger partial charge in [-0.3, -0.25) is 0 Å². The van der Waals surface area contributed by atoms with E-state index in [1.165, 1.54) is 9.75 Å². The van der Waals surface area contributed by atoms with Crippen molar-refractivity contribution in [2.45, 2.75) is 19.9 Å². The van der Waals surface area contributed by atoms with Gasteiger partial charge in [0, 0.05) is 16.8 Å². The van der Waals surface area contributed by atoms with Crippen LogP contribution in [-0.4, -0.2) is 7.05 Å². The van der Waals surface area contributed by atoms with E-state index in [-0.39, 0.29) is 0 Å². The van der Waals surface area contributed by atoms with Crippen LogP contribution in [0.2, 0.25) is 0 Å². The predicted molar refractivity (Wildman–Crippen MR) is 77.0 cm³/mol. The first kappa shape index (κ1) is 12.7. The summed E-state index contributed by atoms with van der Waals surface area (Å²) in [6, 6.07) is 14.3. The zero-order chi connectivity index (χ0) is 13.0. The SMILES string of the molecule is CCc1ccc(CN(C)c2ccccc2C#N)s1. The van der Waals surface area contributed by atoms with Gasteiger partial charge in [0.2, 0.25) is 0 Å². The van der Waals surface area contributed by atoms with Crippen LogP contribution in [0.25, 0.3) is 0 Å². The van der Waals surface area contributed by atoms with Crippen molar-refractivity contribution in [1.29, 1.82) is 5.26 Å². The molecular formula is C15H16N2S. The maximum absolute atomic E-state index is 9.10. The highest BCUT2D eigenvalue weighted by Crippen LogP contribution is 2.23. The third kappa shape index (κ3) is 2.72. The Bertz CT molecular complexity index is 566. The lowest BCUT2D eigenvalue weighted by atomic mass is 10.2. The summed E-state index contributed by atoms with van der Waals surface area (Å²) in [5.74, 6) is 0. The number of nitriles is 1. The molecule has 0 amide bonds. The van der Waals surface area contributed by atoms with Crippen molar-refractivity contribution >= 4 is 17.0 Å². The van der Waals surface area contributed by atoms with Crippen molar-refractivity contribution < 1.29 is 0 Å². The van der Waals surface area contributed by atoms with Gasteiger partial charge in [0.1, 0.15) is 6.07 Å². The molecule has 2 rings (SSSR count). The predicted octanol–water partition coefficient (Wildman–Crippen LogP) is 3.82. The number of para-hydroxylation sites is 1. The summed E-state index contributed by atoms with van der Waals surface area (Å²) in [5, 5.41) is 9.10. The Balaban J connectivity index is 2.17. The first-order valence-corrected chi connectivity index (χ1v) is 6.84. The lowest BCUT2D eigenvalue weighted by molar-refractivity contribution is 0.938. The number of hydrogen-bond donors (Lipinski definition) is 0. The maximum atomic E-state index is 9.10. The Hall–Kier alpha value is -1.79. The first-order valence-electron chi connectivity index (χ1n) is 6.02. The smallest absolute Gasteiger partial charge is 0.101 e. The summed E-state index contributed by atoms with van der Waals surface area (Å²) in [4.78, 5) is 4.87. The second kappa shape index (κ2) is 5.70. The van der Waals surface area contributed by atoms with Gasteiger partial charge in [0.15, 0.2) is 0 Å². The van der Waals surface area contributed by atoms with E-state index in [4.69, 9.17) is 5.26 Å². The monoisotopic (exact) mass is 256 g/mol. The minimum atomic E-state index is 0.729. The molecule has 0 aliphatic carbocycles. The van der Waals surface area contributed by atoms with Crippen LogP contribution in [0.1, 0.15) is 22.2 Å². The first-order chi connectivity index (χ1) is 8.74. The number of benzene rings is 1. The molecule has 2 aromatic rings. The molecule has 0 aliphatic rings. The van der Waals surface area contributed by atoms with Crippen molar-refractivity contribution in [1.82, 2.24) is 0 Å². The van der Waals surface area contributed by atoms with Crippen LogP contribution < -0.4 is 4.90 Å². The van der Waals surface area contributed by atoms with Crippen LogP contribution in [0.15, 0.2) is 36.4 Å². The van der Waals surface area contributed by atoms with Gasteiger partial charge in [-0.25, -0.2) is 0 Å². The van der Waals surface area contributed by atoms with E-state index in [1.807, 2.05) is 42.6 Å². The van der Waals surface area contributed by atoms with Crippen molar-refractivity contribution in [3.63, 3.8) is 0 Å². The summed E-state index contributed by atoms with van der Waals surface area (Å²) >= 11 is 1.84. The van der Waals surface area contributed by atoms with Gasteiger partial charge >= 0.3 is 0 Å². The topological polar surface area (TPSA) is 27.0 Å². The third-order valence-corrected chi connectivity index (χ3v) is 4.11. The minimum absolute atomic E-state index is 0.729. The third-order valence-electron chi connectivity index (χ3n) is 2.89. The fourth-order valence-electron chi connectivity index (χ4n) is 1.92. The lowest BCUT2D eigenvalue weighted by Gasteiger charge is -2.19. The summed E-state index contributed by atoms with van der Waals surface area (Å²) in [5.41, 5.74) is 1.72. The highest BCUT2D eigenvalue weighted by atomic mass is 32.1. The zero-order valence-corrected chi connectivity index (χ0v) is 11.5. The number of hydrogen-bond acceptors (Lipinski definition) is 3. The Kier molecular flexibility index (Phi) is 4.01. The molecule has 0 N–H and O–H groups in total. The Labute approximate surface area is 112 Å². The fraction of sp³-hybridized carbons (Fsp3) is 0.267. The van der Waals surface area contributed by atoms with E-state index in [0.717, 1.165) is 24.2 Å². The van der Waals surface area contributed by atoms with E-state index in [9.17, 15) is 0 Å². The van der Waals surface area contributed by atoms with E-state index in [2.05, 4.69) is 30.0 Å². The van der Waals surface area contributed by atoms with Crippen molar-refractivity contribution in [2.24, 2.45) is 0 Å². The van der Waals surface area contributed by atoms with Crippen LogP contribution in [0.3, 0.4) is 0 Å². The van der Waals surface area contributed by atoms with Gasteiger partial charge in [-0.05, 0) is 30.7 Å². The standard InChI is InChI=1S/C15H16N2S/c1-3-13-8-9-14(18-13)11-17(2)15-7-5-4-6-12(15)10-16/h4-9H,3,11H2,1-2H3. The van der Waals surface area contributed by atoms with E-state index < -0.39 is 0 Å². The van der Waals surface area contributed by atoms with Gasteiger partial charge < -0.3 is 4.90 Å². The highest BCUT2D eigenvalue weighted by Gasteiger charge is 2.08. The number of anilines is 1. The molecule has 0 fully saturated rings. The minimum Gasteiger partial charge on any atom is -0.368 e. The number of aryl methyl sites for hydroxylation is 1. The molecule has 92 valence electrons. The van der Waals surface area contributed by atoms with Crippen LogP contribution in [-0.2, 0) is 13.0 Å². The zero-order valence-electron chi connectivity index (χ0n) is 10.7. The summed E-state index contributed by atoms with van der Waals surface area (Å²) in [6.07, 6.45) is 1.09. The number of rotatable bonds is 4. The number of nitrogens with zero attached hydrogens (tertiary/aromatic N) is 2. The molecule has 0 aliphatic heterocycles. The molecule has 0 unspecified atom stereocenters. The molecule has 0 saturated carbocycles. The van der Waals surface area contributed by atoms with Gasteiger partial charge in [-0.2, -0.15) is 5.26 Å². The molecular weight excluding hydrogens is 240 g/mol. The highest BCUT2D eigenvalue weighted by molar-refractivity contribution is 7.12. The van der Waals surface area contributed by atoms with Crippen LogP contribution in [0.5, 0.6) is 0 Å². The fourth-order valence-corrected chi connectivity index (χ4v) is 2.93. The molecule has 0 saturated heterocycles. The van der Waals surface area contributed by atoms with Crippen molar-refractivity contribution in [2.75, 3.05) is 11.9 Å². The normalized spacial score (nSPS) is 10.1. The molecule has 0 radical (unpaired) electrons. The van der Waals surface area contributed by atoms with Gasteiger partial charge in [0.05, 0.1) is 17.8 Å². The van der Waals surface area contributed by atoms with Crippen molar-refractivity contribution in [3.05, 3.63) is 51.7 Å². The van der Waals surface area contributed by atoms with Crippen LogP contribution in [0, 0.1) is 11.3 Å². The van der Waals surface area contributed by atoms with E-state index in [0.29, 0.717) is 0 Å². The van der Waals surface area contributed by atoms with Gasteiger partial charge in [-0.15, -0.1) is 11.3 Å². The van der Waals surface area contributed by atoms with Crippen LogP contribution >= 0.6 is 11.3 Å². The second-order valence-electron chi connectivity index (χ2n) is 4.21. The summed E-state index contributed by atoms with van der Waals surface area (Å²) in [7, 11) is 2.03. The van der Waals surface area contributed by atoms with Crippen LogP contribution in [0.4, 0.5) is 5.69 Å². The maximum Gasteiger partial charge on any atom is 0.101 e. The molecule has 2 nitrogen and oxygen atoms in total. The molecule has 3 heteroatoms. The largest absolute Gasteiger partial charge is 0.368 e. The quantitative estimate of drug-likeness (QED) is 0.831. The molecule has 1 aromatic heterocycles. The lowest BCUT2D eigenvalue weighted by Crippen LogP contribution is -2.16. The number of thiophene rings is 1. The molecule has 18 heavy (non-hydrogen) atoms. The Morgan fingerprint density at radius 2 is 1.89 bits per heavy atom. The Morgan fingerprint density at radius 3 is 2.56 bits per heavy atom. The average molecular weight is 256 g/mol. The summed E-state index contributed by atoms with van der Waals surface area (Å²) in [6.45, 7) is 3.02. The Morgan fingerprint density at radius 1 is 1.17 bits per heavy atom. The molecule has 0 bridgehead atoms. The molecule has 0 atom stereocenters. The molecule has 0 spiro atoms. The van der Waals surface area contributed by atoms with E-state index >= 15 is 0 Å². The average Bonchev–Trinajstić information content (AvgIpc) is 2.86. The van der Waals surface area contributed by atoms with E-state index in [1.54, 1.807) is 0 Å². The van der Waals surface area contributed by atoms with Gasteiger partial charge in [-0.1, -0.05) is 19.1 Å². The van der Waals surface area contributed by atoms with Crippen molar-refractivity contribution in [3.8, 4) is 6.07 Å². The summed E-state index contributed by atoms with van der Waals surface area (Å²) < 4.78 is 0. The van der Waals surface area contributed by atoms with Gasteiger partial charge in [0.25, 0.3) is 0 Å². The molecule has 1 aromatic carbocycles.